The van der Waals surface area contributed by atoms with E-state index in [0.29, 0.717) is 0 Å². The van der Waals surface area contributed by atoms with Crippen LogP contribution in [-0.2, 0) is 6.42 Å². The molecule has 0 aliphatic rings. The van der Waals surface area contributed by atoms with Gasteiger partial charge in [0.25, 0.3) is 0 Å². The van der Waals surface area contributed by atoms with E-state index in [-0.39, 0.29) is 5.82 Å². The van der Waals surface area contributed by atoms with Crippen LogP contribution in [0.3, 0.4) is 0 Å². The number of thioether (sulfide) groups is 1. The maximum Gasteiger partial charge on any atom is 0.123 e. The van der Waals surface area contributed by atoms with E-state index in [2.05, 4.69) is 0 Å². The van der Waals surface area contributed by atoms with E-state index in [0.717, 1.165) is 22.8 Å². The zero-order chi connectivity index (χ0) is 12.1. The standard InChI is InChI=1S/C14H12ClFS/c15-12-2-1-3-14(10-12)17-9-8-11-4-6-13(16)7-5-11/h1-7,10H,8-9H2. The third-order valence-corrected chi connectivity index (χ3v) is 3.60. The molecular formula is C14H12ClFS. The van der Waals surface area contributed by atoms with E-state index in [4.69, 9.17) is 11.6 Å². The molecule has 2 aromatic rings. The molecule has 0 bridgehead atoms. The van der Waals surface area contributed by atoms with Crippen molar-refractivity contribution in [3.8, 4) is 0 Å². The fraction of sp³-hybridized carbons (Fsp3) is 0.143. The van der Waals surface area contributed by atoms with Crippen LogP contribution in [-0.4, -0.2) is 5.75 Å². The Morgan fingerprint density at radius 2 is 1.82 bits per heavy atom. The summed E-state index contributed by atoms with van der Waals surface area (Å²) in [5, 5.41) is 0.761. The third-order valence-electron chi connectivity index (χ3n) is 2.37. The molecule has 0 spiro atoms. The summed E-state index contributed by atoms with van der Waals surface area (Å²) < 4.78 is 12.7. The molecule has 0 fully saturated rings. The Morgan fingerprint density at radius 3 is 2.53 bits per heavy atom. The van der Waals surface area contributed by atoms with Crippen LogP contribution in [0, 0.1) is 5.82 Å². The van der Waals surface area contributed by atoms with Gasteiger partial charge in [0.1, 0.15) is 5.82 Å². The lowest BCUT2D eigenvalue weighted by atomic mass is 10.2. The minimum absolute atomic E-state index is 0.184. The molecular weight excluding hydrogens is 255 g/mol. The largest absolute Gasteiger partial charge is 0.207 e. The van der Waals surface area contributed by atoms with Gasteiger partial charge in [0, 0.05) is 15.7 Å². The monoisotopic (exact) mass is 266 g/mol. The van der Waals surface area contributed by atoms with Gasteiger partial charge < -0.3 is 0 Å². The Hall–Kier alpha value is -0.990. The molecule has 2 aromatic carbocycles. The normalized spacial score (nSPS) is 10.5. The molecule has 0 atom stereocenters. The summed E-state index contributed by atoms with van der Waals surface area (Å²) in [5.74, 6) is 0.780. The van der Waals surface area contributed by atoms with Gasteiger partial charge in [-0.15, -0.1) is 11.8 Å². The molecule has 0 nitrogen and oxygen atoms in total. The zero-order valence-electron chi connectivity index (χ0n) is 9.20. The summed E-state index contributed by atoms with van der Waals surface area (Å²) in [4.78, 5) is 1.17. The Balaban J connectivity index is 1.85. The van der Waals surface area contributed by atoms with Crippen LogP contribution >= 0.6 is 23.4 Å². The Kier molecular flexibility index (Phi) is 4.46. The topological polar surface area (TPSA) is 0 Å². The van der Waals surface area contributed by atoms with Crippen molar-refractivity contribution < 1.29 is 4.39 Å². The summed E-state index contributed by atoms with van der Waals surface area (Å²) in [6, 6.07) is 14.5. The molecule has 0 saturated carbocycles. The van der Waals surface area contributed by atoms with E-state index >= 15 is 0 Å². The van der Waals surface area contributed by atoms with E-state index in [1.165, 1.54) is 17.0 Å². The molecule has 0 unspecified atom stereocenters. The van der Waals surface area contributed by atoms with E-state index in [9.17, 15) is 4.39 Å². The first kappa shape index (κ1) is 12.5. The second-order valence-electron chi connectivity index (χ2n) is 3.68. The second kappa shape index (κ2) is 6.08. The molecule has 17 heavy (non-hydrogen) atoms. The number of halogens is 2. The highest BCUT2D eigenvalue weighted by Gasteiger charge is 1.97. The van der Waals surface area contributed by atoms with Gasteiger partial charge in [-0.2, -0.15) is 0 Å². The third kappa shape index (κ3) is 4.06. The van der Waals surface area contributed by atoms with Gasteiger partial charge >= 0.3 is 0 Å². The highest BCUT2D eigenvalue weighted by atomic mass is 35.5. The van der Waals surface area contributed by atoms with E-state index in [1.54, 1.807) is 11.8 Å². The molecule has 0 amide bonds. The quantitative estimate of drug-likeness (QED) is 0.716. The highest BCUT2D eigenvalue weighted by Crippen LogP contribution is 2.22. The van der Waals surface area contributed by atoms with Crippen molar-refractivity contribution in [3.05, 3.63) is 64.9 Å². The molecule has 0 heterocycles. The number of hydrogen-bond donors (Lipinski definition) is 0. The van der Waals surface area contributed by atoms with Crippen molar-refractivity contribution in [2.24, 2.45) is 0 Å². The Bertz CT molecular complexity index is 482. The smallest absolute Gasteiger partial charge is 0.123 e. The Labute approximate surface area is 110 Å². The van der Waals surface area contributed by atoms with Crippen molar-refractivity contribution in [1.82, 2.24) is 0 Å². The average molecular weight is 267 g/mol. The van der Waals surface area contributed by atoms with Crippen molar-refractivity contribution in [3.63, 3.8) is 0 Å². The van der Waals surface area contributed by atoms with E-state index < -0.39 is 0 Å². The Morgan fingerprint density at radius 1 is 1.06 bits per heavy atom. The maximum absolute atomic E-state index is 12.7. The number of aryl methyl sites for hydroxylation is 1. The first-order valence-corrected chi connectivity index (χ1v) is 6.73. The first-order valence-electron chi connectivity index (χ1n) is 5.37. The van der Waals surface area contributed by atoms with Crippen molar-refractivity contribution in [1.29, 1.82) is 0 Å². The molecule has 0 radical (unpaired) electrons. The number of rotatable bonds is 4. The van der Waals surface area contributed by atoms with Gasteiger partial charge in [0.2, 0.25) is 0 Å². The molecule has 3 heteroatoms. The minimum Gasteiger partial charge on any atom is -0.207 e. The fourth-order valence-electron chi connectivity index (χ4n) is 1.49. The molecule has 0 aromatic heterocycles. The molecule has 0 aliphatic carbocycles. The lowest BCUT2D eigenvalue weighted by molar-refractivity contribution is 0.627. The summed E-state index contributed by atoms with van der Waals surface area (Å²) in [6.45, 7) is 0. The highest BCUT2D eigenvalue weighted by molar-refractivity contribution is 7.99. The average Bonchev–Trinajstić information content (AvgIpc) is 2.32. The van der Waals surface area contributed by atoms with Crippen LogP contribution in [0.15, 0.2) is 53.4 Å². The first-order chi connectivity index (χ1) is 8.24. The van der Waals surface area contributed by atoms with Crippen molar-refractivity contribution in [2.75, 3.05) is 5.75 Å². The van der Waals surface area contributed by atoms with Gasteiger partial charge in [0.15, 0.2) is 0 Å². The van der Waals surface area contributed by atoms with Crippen LogP contribution in [0.1, 0.15) is 5.56 Å². The van der Waals surface area contributed by atoms with Gasteiger partial charge in [-0.3, -0.25) is 0 Å². The molecule has 0 N–H and O–H groups in total. The predicted octanol–water partition coefficient (Wildman–Crippen LogP) is 4.81. The van der Waals surface area contributed by atoms with Crippen molar-refractivity contribution >= 4 is 23.4 Å². The predicted molar refractivity (Wildman–Crippen MR) is 72.3 cm³/mol. The summed E-state index contributed by atoms with van der Waals surface area (Å²) >= 11 is 7.66. The zero-order valence-corrected chi connectivity index (χ0v) is 10.8. The summed E-state index contributed by atoms with van der Waals surface area (Å²) in [5.41, 5.74) is 1.15. The van der Waals surface area contributed by atoms with Crippen LogP contribution in [0.5, 0.6) is 0 Å². The van der Waals surface area contributed by atoms with Gasteiger partial charge in [-0.25, -0.2) is 4.39 Å². The minimum atomic E-state index is -0.184. The molecule has 0 saturated heterocycles. The molecule has 0 aliphatic heterocycles. The van der Waals surface area contributed by atoms with Gasteiger partial charge in [-0.1, -0.05) is 29.8 Å². The molecule has 88 valence electrons. The fourth-order valence-corrected chi connectivity index (χ4v) is 2.71. The SMILES string of the molecule is Fc1ccc(CCSc2cccc(Cl)c2)cc1. The van der Waals surface area contributed by atoms with Crippen molar-refractivity contribution in [2.45, 2.75) is 11.3 Å². The second-order valence-corrected chi connectivity index (χ2v) is 5.29. The number of benzene rings is 2. The molecule has 2 rings (SSSR count). The van der Waals surface area contributed by atoms with Crippen LogP contribution in [0.25, 0.3) is 0 Å². The van der Waals surface area contributed by atoms with Crippen LogP contribution in [0.2, 0.25) is 5.02 Å². The van der Waals surface area contributed by atoms with Gasteiger partial charge in [-0.05, 0) is 42.3 Å². The summed E-state index contributed by atoms with van der Waals surface area (Å²) in [6.07, 6.45) is 0.928. The maximum atomic E-state index is 12.7. The summed E-state index contributed by atoms with van der Waals surface area (Å²) in [7, 11) is 0. The number of hydrogen-bond acceptors (Lipinski definition) is 1. The van der Waals surface area contributed by atoms with E-state index in [1.807, 2.05) is 36.4 Å². The van der Waals surface area contributed by atoms with Crippen LogP contribution < -0.4 is 0 Å². The van der Waals surface area contributed by atoms with Crippen LogP contribution in [0.4, 0.5) is 4.39 Å². The lowest BCUT2D eigenvalue weighted by Gasteiger charge is -2.02. The van der Waals surface area contributed by atoms with Gasteiger partial charge in [0.05, 0.1) is 0 Å². The lowest BCUT2D eigenvalue weighted by Crippen LogP contribution is -1.88.